The molecule has 0 saturated carbocycles. The van der Waals surface area contributed by atoms with Gasteiger partial charge >= 0.3 is 5.97 Å². The molecule has 0 unspecified atom stereocenters. The van der Waals surface area contributed by atoms with Crippen LogP contribution in [-0.2, 0) is 26.4 Å². The van der Waals surface area contributed by atoms with Gasteiger partial charge in [0.2, 0.25) is 5.82 Å². The maximum atomic E-state index is 11.7. The van der Waals surface area contributed by atoms with Crippen molar-refractivity contribution in [1.82, 2.24) is 24.8 Å². The predicted octanol–water partition coefficient (Wildman–Crippen LogP) is 2.56. The van der Waals surface area contributed by atoms with Crippen molar-refractivity contribution >= 4 is 5.97 Å². The van der Waals surface area contributed by atoms with Crippen LogP contribution in [0.2, 0.25) is 0 Å². The molecule has 2 aromatic heterocycles. The van der Waals surface area contributed by atoms with Crippen LogP contribution >= 0.6 is 0 Å². The SMILES string of the molecule is CCCc1cc(C(=O)O)n2c1-c1cc(-c3nnn(C)n3)c(OC)cc1CC2. The van der Waals surface area contributed by atoms with E-state index in [0.29, 0.717) is 23.8 Å². The van der Waals surface area contributed by atoms with E-state index in [0.717, 1.165) is 47.2 Å². The number of rotatable bonds is 5. The maximum absolute atomic E-state index is 11.7. The largest absolute Gasteiger partial charge is 0.496 e. The number of carboxylic acid groups (broad SMARTS) is 1. The summed E-state index contributed by atoms with van der Waals surface area (Å²) in [6.07, 6.45) is 2.51. The molecule has 0 aliphatic carbocycles. The van der Waals surface area contributed by atoms with Gasteiger partial charge in [-0.25, -0.2) is 4.79 Å². The van der Waals surface area contributed by atoms with Crippen LogP contribution in [0.3, 0.4) is 0 Å². The number of hydrogen-bond acceptors (Lipinski definition) is 5. The monoisotopic (exact) mass is 367 g/mol. The average molecular weight is 367 g/mol. The number of carbonyl (C=O) groups is 1. The highest BCUT2D eigenvalue weighted by molar-refractivity contribution is 5.90. The van der Waals surface area contributed by atoms with Crippen molar-refractivity contribution in [2.45, 2.75) is 32.7 Å². The summed E-state index contributed by atoms with van der Waals surface area (Å²) in [6.45, 7) is 2.73. The Balaban J connectivity index is 1.96. The topological polar surface area (TPSA) is 95.1 Å². The molecular formula is C19H21N5O3. The normalized spacial score (nSPS) is 12.6. The first-order valence-electron chi connectivity index (χ1n) is 8.94. The van der Waals surface area contributed by atoms with Crippen molar-refractivity contribution in [3.05, 3.63) is 35.0 Å². The first-order valence-corrected chi connectivity index (χ1v) is 8.94. The Hall–Kier alpha value is -3.16. The Morgan fingerprint density at radius 2 is 2.11 bits per heavy atom. The van der Waals surface area contributed by atoms with Gasteiger partial charge in [0, 0.05) is 12.1 Å². The summed E-state index contributed by atoms with van der Waals surface area (Å²) in [5, 5.41) is 21.9. The van der Waals surface area contributed by atoms with E-state index in [-0.39, 0.29) is 0 Å². The Labute approximate surface area is 156 Å². The van der Waals surface area contributed by atoms with Crippen molar-refractivity contribution < 1.29 is 14.6 Å². The number of ether oxygens (including phenoxy) is 1. The van der Waals surface area contributed by atoms with E-state index in [1.165, 1.54) is 4.80 Å². The van der Waals surface area contributed by atoms with Gasteiger partial charge in [-0.05, 0) is 47.4 Å². The van der Waals surface area contributed by atoms with E-state index in [1.807, 2.05) is 16.7 Å². The van der Waals surface area contributed by atoms with Gasteiger partial charge in [0.15, 0.2) is 0 Å². The smallest absolute Gasteiger partial charge is 0.352 e. The molecule has 1 aliphatic heterocycles. The number of fused-ring (bicyclic) bond motifs is 3. The van der Waals surface area contributed by atoms with Crippen LogP contribution in [0.25, 0.3) is 22.6 Å². The predicted molar refractivity (Wildman–Crippen MR) is 98.9 cm³/mol. The number of aryl methyl sites for hydroxylation is 3. The third kappa shape index (κ3) is 2.77. The average Bonchev–Trinajstić information content (AvgIpc) is 3.25. The zero-order valence-electron chi connectivity index (χ0n) is 15.6. The number of benzene rings is 1. The Kier molecular flexibility index (Phi) is 4.18. The number of tetrazole rings is 1. The van der Waals surface area contributed by atoms with Crippen molar-refractivity contribution in [2.24, 2.45) is 7.05 Å². The Bertz CT molecular complexity index is 1030. The number of aromatic nitrogens is 5. The summed E-state index contributed by atoms with van der Waals surface area (Å²) in [7, 11) is 3.34. The van der Waals surface area contributed by atoms with Gasteiger partial charge < -0.3 is 14.4 Å². The highest BCUT2D eigenvalue weighted by atomic mass is 16.5. The van der Waals surface area contributed by atoms with E-state index in [4.69, 9.17) is 4.74 Å². The minimum Gasteiger partial charge on any atom is -0.496 e. The van der Waals surface area contributed by atoms with E-state index in [2.05, 4.69) is 22.3 Å². The molecular weight excluding hydrogens is 346 g/mol. The van der Waals surface area contributed by atoms with Gasteiger partial charge in [-0.2, -0.15) is 4.80 Å². The summed E-state index contributed by atoms with van der Waals surface area (Å²) in [4.78, 5) is 13.1. The summed E-state index contributed by atoms with van der Waals surface area (Å²) in [5.41, 5.74) is 5.27. The minimum absolute atomic E-state index is 0.342. The van der Waals surface area contributed by atoms with Crippen LogP contribution in [0.5, 0.6) is 5.75 Å². The number of aromatic carboxylic acids is 1. The molecule has 0 saturated heterocycles. The van der Waals surface area contributed by atoms with E-state index in [1.54, 1.807) is 20.2 Å². The molecule has 0 radical (unpaired) electrons. The zero-order chi connectivity index (χ0) is 19.1. The Morgan fingerprint density at radius 1 is 1.30 bits per heavy atom. The lowest BCUT2D eigenvalue weighted by molar-refractivity contribution is 0.0685. The molecule has 3 aromatic rings. The van der Waals surface area contributed by atoms with Gasteiger partial charge in [0.25, 0.3) is 0 Å². The molecule has 0 amide bonds. The molecule has 0 atom stereocenters. The quantitative estimate of drug-likeness (QED) is 0.745. The first kappa shape index (κ1) is 17.3. The molecule has 0 bridgehead atoms. The minimum atomic E-state index is -0.897. The summed E-state index contributed by atoms with van der Waals surface area (Å²) in [5.74, 6) is 0.278. The third-order valence-corrected chi connectivity index (χ3v) is 4.95. The van der Waals surface area contributed by atoms with Gasteiger partial charge in [-0.1, -0.05) is 13.3 Å². The molecule has 1 aliphatic rings. The van der Waals surface area contributed by atoms with Crippen LogP contribution in [0.15, 0.2) is 18.2 Å². The van der Waals surface area contributed by atoms with Crippen molar-refractivity contribution in [3.8, 4) is 28.4 Å². The molecule has 0 fully saturated rings. The van der Waals surface area contributed by atoms with Gasteiger partial charge in [-0.3, -0.25) is 0 Å². The molecule has 1 aromatic carbocycles. The second-order valence-corrected chi connectivity index (χ2v) is 6.67. The molecule has 4 rings (SSSR count). The standard InChI is InChI=1S/C19H21N5O3/c1-4-5-12-8-15(19(25)26)24-7-6-11-9-16(27-3)14(10-13(11)17(12)24)18-20-22-23(2)21-18/h8-10H,4-7H2,1-3H3,(H,25,26). The van der Waals surface area contributed by atoms with Crippen LogP contribution < -0.4 is 4.74 Å². The fourth-order valence-corrected chi connectivity index (χ4v) is 3.81. The fraction of sp³-hybridized carbons (Fsp3) is 0.368. The molecule has 27 heavy (non-hydrogen) atoms. The third-order valence-electron chi connectivity index (χ3n) is 4.95. The zero-order valence-corrected chi connectivity index (χ0v) is 15.6. The molecule has 0 spiro atoms. The number of nitrogens with zero attached hydrogens (tertiary/aromatic N) is 5. The lowest BCUT2D eigenvalue weighted by Crippen LogP contribution is -2.16. The lowest BCUT2D eigenvalue weighted by Gasteiger charge is -2.23. The van der Waals surface area contributed by atoms with E-state index >= 15 is 0 Å². The second kappa shape index (κ2) is 6.53. The van der Waals surface area contributed by atoms with E-state index in [9.17, 15) is 9.90 Å². The highest BCUT2D eigenvalue weighted by Gasteiger charge is 2.27. The fourth-order valence-electron chi connectivity index (χ4n) is 3.81. The highest BCUT2D eigenvalue weighted by Crippen LogP contribution is 2.41. The van der Waals surface area contributed by atoms with Crippen LogP contribution in [-0.4, -0.2) is 43.0 Å². The molecule has 8 heteroatoms. The van der Waals surface area contributed by atoms with Crippen molar-refractivity contribution in [2.75, 3.05) is 7.11 Å². The molecule has 140 valence electrons. The van der Waals surface area contributed by atoms with Crippen LogP contribution in [0.4, 0.5) is 0 Å². The first-order chi connectivity index (χ1) is 13.0. The molecule has 8 nitrogen and oxygen atoms in total. The Morgan fingerprint density at radius 3 is 2.74 bits per heavy atom. The molecule has 3 heterocycles. The van der Waals surface area contributed by atoms with Crippen molar-refractivity contribution in [1.29, 1.82) is 0 Å². The maximum Gasteiger partial charge on any atom is 0.352 e. The number of hydrogen-bond donors (Lipinski definition) is 1. The van der Waals surface area contributed by atoms with Crippen molar-refractivity contribution in [3.63, 3.8) is 0 Å². The summed E-state index contributed by atoms with van der Waals surface area (Å²) < 4.78 is 7.48. The summed E-state index contributed by atoms with van der Waals surface area (Å²) >= 11 is 0. The van der Waals surface area contributed by atoms with Crippen LogP contribution in [0, 0.1) is 0 Å². The second-order valence-electron chi connectivity index (χ2n) is 6.67. The summed E-state index contributed by atoms with van der Waals surface area (Å²) in [6, 6.07) is 5.81. The van der Waals surface area contributed by atoms with E-state index < -0.39 is 5.97 Å². The molecule has 1 N–H and O–H groups in total. The van der Waals surface area contributed by atoms with Crippen LogP contribution in [0.1, 0.15) is 35.0 Å². The lowest BCUT2D eigenvalue weighted by atomic mass is 9.92. The number of methoxy groups -OCH3 is 1. The van der Waals surface area contributed by atoms with Gasteiger partial charge in [0.1, 0.15) is 11.4 Å². The van der Waals surface area contributed by atoms with Gasteiger partial charge in [0.05, 0.1) is 25.4 Å². The number of carboxylic acids is 1. The van der Waals surface area contributed by atoms with Gasteiger partial charge in [-0.15, -0.1) is 10.2 Å².